The molecule has 0 aliphatic rings. The fourth-order valence-electron chi connectivity index (χ4n) is 2.66. The Morgan fingerprint density at radius 1 is 0.897 bits per heavy atom. The number of carbonyl (C=O) groups is 3. The summed E-state index contributed by atoms with van der Waals surface area (Å²) < 4.78 is 0. The summed E-state index contributed by atoms with van der Waals surface area (Å²) in [5.74, 6) is -2.48. The van der Waals surface area contributed by atoms with Gasteiger partial charge in [-0.05, 0) is 42.5 Å². The minimum atomic E-state index is -0.984. The van der Waals surface area contributed by atoms with Crippen LogP contribution in [0.2, 0.25) is 0 Å². The third-order valence-electron chi connectivity index (χ3n) is 3.95. The number of benzene rings is 3. The van der Waals surface area contributed by atoms with E-state index < -0.39 is 17.7 Å². The maximum absolute atomic E-state index is 12.7. The number of imide groups is 1. The first-order valence-electron chi connectivity index (χ1n) is 8.79. The van der Waals surface area contributed by atoms with E-state index in [0.717, 1.165) is 14.7 Å². The monoisotopic (exact) mass is 405 g/mol. The first-order valence-corrected chi connectivity index (χ1v) is 9.61. The largest absolute Gasteiger partial charge is 0.399 e. The minimum absolute atomic E-state index is 0.240. The van der Waals surface area contributed by atoms with Gasteiger partial charge in [-0.1, -0.05) is 48.2 Å². The number of hydrogen-bond donors (Lipinski definition) is 2. The Bertz CT molecular complexity index is 1050. The summed E-state index contributed by atoms with van der Waals surface area (Å²) in [5, 5.41) is 2.62. The molecule has 0 spiro atoms. The summed E-state index contributed by atoms with van der Waals surface area (Å²) in [6, 6.07) is 23.1. The van der Waals surface area contributed by atoms with Crippen LogP contribution in [0.4, 0.5) is 17.1 Å². The molecular weight excluding hydrogens is 386 g/mol. The van der Waals surface area contributed by atoms with Crippen molar-refractivity contribution in [1.82, 2.24) is 0 Å². The van der Waals surface area contributed by atoms with Gasteiger partial charge < -0.3 is 11.1 Å². The summed E-state index contributed by atoms with van der Waals surface area (Å²) in [7, 11) is 0. The average Bonchev–Trinajstić information content (AvgIpc) is 2.70. The predicted molar refractivity (Wildman–Crippen MR) is 115 cm³/mol. The van der Waals surface area contributed by atoms with Gasteiger partial charge in [-0.3, -0.25) is 14.4 Å². The van der Waals surface area contributed by atoms with E-state index in [9.17, 15) is 14.4 Å². The number of hydrogen-bond acceptors (Lipinski definition) is 5. The van der Waals surface area contributed by atoms with E-state index in [4.69, 9.17) is 5.73 Å². The Morgan fingerprint density at radius 3 is 2.28 bits per heavy atom. The fraction of sp³-hybridized carbons (Fsp3) is 0.0455. The molecule has 29 heavy (non-hydrogen) atoms. The Balaban J connectivity index is 1.82. The average molecular weight is 405 g/mol. The van der Waals surface area contributed by atoms with Gasteiger partial charge in [-0.15, -0.1) is 0 Å². The van der Waals surface area contributed by atoms with E-state index in [1.54, 1.807) is 30.3 Å². The highest BCUT2D eigenvalue weighted by atomic mass is 32.2. The quantitative estimate of drug-likeness (QED) is 0.507. The summed E-state index contributed by atoms with van der Waals surface area (Å²) in [4.78, 5) is 40.0. The Morgan fingerprint density at radius 2 is 1.59 bits per heavy atom. The highest BCUT2D eigenvalue weighted by molar-refractivity contribution is 7.99. The summed E-state index contributed by atoms with van der Waals surface area (Å²) in [5.41, 5.74) is 6.84. The predicted octanol–water partition coefficient (Wildman–Crippen LogP) is 3.94. The molecule has 3 amide bonds. The lowest BCUT2D eigenvalue weighted by molar-refractivity contribution is -0.136. The van der Waals surface area contributed by atoms with E-state index in [1.165, 1.54) is 24.8 Å². The molecule has 0 fully saturated rings. The molecule has 3 rings (SSSR count). The van der Waals surface area contributed by atoms with Crippen molar-refractivity contribution in [2.45, 2.75) is 16.7 Å². The van der Waals surface area contributed by atoms with Crippen LogP contribution in [0.1, 0.15) is 6.92 Å². The SMILES string of the molecule is CC(=O)N(C(=O)C(=O)Nc1ccccc1Sc1ccccc1)c1cccc(N)c1. The number of nitrogens with zero attached hydrogens (tertiary/aromatic N) is 1. The summed E-state index contributed by atoms with van der Waals surface area (Å²) >= 11 is 1.46. The first kappa shape index (κ1) is 20.2. The zero-order valence-corrected chi connectivity index (χ0v) is 16.5. The van der Waals surface area contributed by atoms with Crippen molar-refractivity contribution in [2.75, 3.05) is 16.0 Å². The van der Waals surface area contributed by atoms with Crippen LogP contribution in [0.3, 0.4) is 0 Å². The standard InChI is InChI=1S/C22H19N3O3S/c1-15(26)25(17-9-7-8-16(23)14-17)22(28)21(27)24-19-12-5-6-13-20(19)29-18-10-3-2-4-11-18/h2-14H,23H2,1H3,(H,24,27). The highest BCUT2D eigenvalue weighted by Gasteiger charge is 2.27. The zero-order chi connectivity index (χ0) is 20.8. The van der Waals surface area contributed by atoms with Crippen molar-refractivity contribution in [3.8, 4) is 0 Å². The number of anilines is 3. The van der Waals surface area contributed by atoms with Crippen molar-refractivity contribution >= 4 is 46.5 Å². The molecule has 0 atom stereocenters. The lowest BCUT2D eigenvalue weighted by atomic mass is 10.2. The van der Waals surface area contributed by atoms with E-state index in [0.29, 0.717) is 11.4 Å². The number of nitrogens with two attached hydrogens (primary N) is 1. The number of nitrogens with one attached hydrogen (secondary N) is 1. The van der Waals surface area contributed by atoms with Crippen molar-refractivity contribution in [1.29, 1.82) is 0 Å². The number of para-hydroxylation sites is 1. The van der Waals surface area contributed by atoms with Gasteiger partial charge in [0.05, 0.1) is 11.4 Å². The molecule has 6 nitrogen and oxygen atoms in total. The molecule has 0 aliphatic carbocycles. The van der Waals surface area contributed by atoms with Crippen molar-refractivity contribution in [2.24, 2.45) is 0 Å². The van der Waals surface area contributed by atoms with Crippen LogP contribution in [-0.2, 0) is 14.4 Å². The zero-order valence-electron chi connectivity index (χ0n) is 15.7. The van der Waals surface area contributed by atoms with Crippen LogP contribution in [0, 0.1) is 0 Å². The smallest absolute Gasteiger partial charge is 0.323 e. The molecule has 0 saturated carbocycles. The normalized spacial score (nSPS) is 10.2. The van der Waals surface area contributed by atoms with Crippen molar-refractivity contribution < 1.29 is 14.4 Å². The topological polar surface area (TPSA) is 92.5 Å². The van der Waals surface area contributed by atoms with Crippen molar-refractivity contribution in [3.05, 3.63) is 78.9 Å². The van der Waals surface area contributed by atoms with Crippen LogP contribution < -0.4 is 16.0 Å². The van der Waals surface area contributed by atoms with Crippen LogP contribution >= 0.6 is 11.8 Å². The summed E-state index contributed by atoms with van der Waals surface area (Å²) in [6.45, 7) is 1.22. The second-order valence-electron chi connectivity index (χ2n) is 6.12. The first-order chi connectivity index (χ1) is 14.0. The van der Waals surface area contributed by atoms with Crippen molar-refractivity contribution in [3.63, 3.8) is 0 Å². The lowest BCUT2D eigenvalue weighted by Crippen LogP contribution is -2.42. The minimum Gasteiger partial charge on any atom is -0.399 e. The Hall–Kier alpha value is -3.58. The molecule has 0 radical (unpaired) electrons. The number of amides is 3. The summed E-state index contributed by atoms with van der Waals surface area (Å²) in [6.07, 6.45) is 0. The molecule has 3 N–H and O–H groups in total. The third kappa shape index (κ3) is 5.03. The second kappa shape index (κ2) is 9.07. The van der Waals surface area contributed by atoms with E-state index >= 15 is 0 Å². The molecule has 3 aromatic carbocycles. The highest BCUT2D eigenvalue weighted by Crippen LogP contribution is 2.33. The molecule has 0 unspecified atom stereocenters. The second-order valence-corrected chi connectivity index (χ2v) is 7.24. The number of carbonyl (C=O) groups excluding carboxylic acids is 3. The van der Waals surface area contributed by atoms with Gasteiger partial charge in [0.15, 0.2) is 0 Å². The van der Waals surface area contributed by atoms with Gasteiger partial charge in [0.2, 0.25) is 5.91 Å². The third-order valence-corrected chi connectivity index (χ3v) is 5.03. The molecule has 0 saturated heterocycles. The lowest BCUT2D eigenvalue weighted by Gasteiger charge is -2.19. The van der Waals surface area contributed by atoms with E-state index in [2.05, 4.69) is 5.32 Å². The maximum Gasteiger partial charge on any atom is 0.323 e. The van der Waals surface area contributed by atoms with Crippen LogP contribution in [0.5, 0.6) is 0 Å². The van der Waals surface area contributed by atoms with Gasteiger partial charge in [-0.25, -0.2) is 4.90 Å². The molecule has 0 heterocycles. The molecular formula is C22H19N3O3S. The Kier molecular flexibility index (Phi) is 6.31. The molecule has 7 heteroatoms. The van der Waals surface area contributed by atoms with Gasteiger partial charge in [0.25, 0.3) is 0 Å². The van der Waals surface area contributed by atoms with E-state index in [1.807, 2.05) is 42.5 Å². The molecule has 146 valence electrons. The fourth-order valence-corrected chi connectivity index (χ4v) is 3.58. The van der Waals surface area contributed by atoms with Gasteiger partial charge in [-0.2, -0.15) is 0 Å². The number of rotatable bonds is 4. The molecule has 0 bridgehead atoms. The number of nitrogen functional groups attached to an aromatic ring is 1. The van der Waals surface area contributed by atoms with E-state index in [-0.39, 0.29) is 5.69 Å². The van der Waals surface area contributed by atoms with Gasteiger partial charge in [0.1, 0.15) is 0 Å². The molecule has 3 aromatic rings. The van der Waals surface area contributed by atoms with Crippen LogP contribution in [0.15, 0.2) is 88.7 Å². The molecule has 0 aromatic heterocycles. The molecule has 0 aliphatic heterocycles. The Labute approximate surface area is 172 Å². The maximum atomic E-state index is 12.7. The van der Waals surface area contributed by atoms with Gasteiger partial charge >= 0.3 is 11.8 Å². The van der Waals surface area contributed by atoms with Crippen LogP contribution in [-0.4, -0.2) is 17.7 Å². The van der Waals surface area contributed by atoms with Crippen LogP contribution in [0.25, 0.3) is 0 Å². The van der Waals surface area contributed by atoms with Gasteiger partial charge in [0, 0.05) is 22.4 Å².